The number of rotatable bonds is 8. The Bertz CT molecular complexity index is 903. The lowest BCUT2D eigenvalue weighted by atomic mass is 9.96. The van der Waals surface area contributed by atoms with Crippen LogP contribution in [-0.4, -0.2) is 47.6 Å². The van der Waals surface area contributed by atoms with Crippen LogP contribution < -0.4 is 10.6 Å². The summed E-state index contributed by atoms with van der Waals surface area (Å²) >= 11 is 0. The molecular formula is C25H31N3O3. The van der Waals surface area contributed by atoms with Gasteiger partial charge in [-0.25, -0.2) is 4.79 Å². The van der Waals surface area contributed by atoms with Gasteiger partial charge in [-0.15, -0.1) is 0 Å². The van der Waals surface area contributed by atoms with Gasteiger partial charge in [0.15, 0.2) is 0 Å². The molecule has 4 rings (SSSR count). The number of amides is 1. The summed E-state index contributed by atoms with van der Waals surface area (Å²) in [5.74, 6) is 0.384. The first kappa shape index (κ1) is 21.5. The van der Waals surface area contributed by atoms with Crippen LogP contribution in [0.3, 0.4) is 0 Å². The summed E-state index contributed by atoms with van der Waals surface area (Å²) in [7, 11) is 0. The van der Waals surface area contributed by atoms with Gasteiger partial charge >= 0.3 is 5.97 Å². The van der Waals surface area contributed by atoms with Crippen molar-refractivity contribution < 1.29 is 14.7 Å². The number of aromatic carboxylic acids is 1. The zero-order valence-corrected chi connectivity index (χ0v) is 18.0. The molecule has 1 aliphatic carbocycles. The normalized spacial score (nSPS) is 21.6. The minimum absolute atomic E-state index is 0.0409. The third kappa shape index (κ3) is 5.93. The van der Waals surface area contributed by atoms with Crippen LogP contribution in [0.25, 0.3) is 0 Å². The van der Waals surface area contributed by atoms with Gasteiger partial charge in [0.2, 0.25) is 5.91 Å². The fraction of sp³-hybridized carbons (Fsp3) is 0.440. The topological polar surface area (TPSA) is 81.7 Å². The zero-order valence-electron chi connectivity index (χ0n) is 18.0. The van der Waals surface area contributed by atoms with Crippen molar-refractivity contribution in [3.8, 4) is 0 Å². The van der Waals surface area contributed by atoms with Crippen molar-refractivity contribution >= 4 is 17.6 Å². The van der Waals surface area contributed by atoms with Crippen molar-refractivity contribution in [2.75, 3.05) is 25.0 Å². The molecule has 1 saturated carbocycles. The maximum absolute atomic E-state index is 11.1. The molecule has 0 radical (unpaired) electrons. The molecule has 31 heavy (non-hydrogen) atoms. The average molecular weight is 422 g/mol. The number of nitrogens with zero attached hydrogens (tertiary/aromatic N) is 1. The van der Waals surface area contributed by atoms with Crippen molar-refractivity contribution in [2.24, 2.45) is 5.92 Å². The van der Waals surface area contributed by atoms with Gasteiger partial charge in [-0.1, -0.05) is 24.3 Å². The molecule has 2 aliphatic rings. The zero-order chi connectivity index (χ0) is 21.8. The second kappa shape index (κ2) is 9.62. The molecule has 1 saturated heterocycles. The van der Waals surface area contributed by atoms with Crippen LogP contribution in [0.2, 0.25) is 0 Å². The summed E-state index contributed by atoms with van der Waals surface area (Å²) < 4.78 is 0. The second-order valence-electron chi connectivity index (χ2n) is 8.88. The molecule has 1 amide bonds. The lowest BCUT2D eigenvalue weighted by Gasteiger charge is -2.32. The highest BCUT2D eigenvalue weighted by atomic mass is 16.4. The van der Waals surface area contributed by atoms with Crippen LogP contribution in [-0.2, 0) is 11.3 Å². The van der Waals surface area contributed by atoms with Gasteiger partial charge < -0.3 is 15.7 Å². The van der Waals surface area contributed by atoms with E-state index in [0.717, 1.165) is 31.9 Å². The molecular weight excluding hydrogens is 390 g/mol. The van der Waals surface area contributed by atoms with Crippen molar-refractivity contribution in [2.45, 2.75) is 44.7 Å². The van der Waals surface area contributed by atoms with Crippen LogP contribution in [0.5, 0.6) is 0 Å². The maximum atomic E-state index is 11.1. The van der Waals surface area contributed by atoms with E-state index < -0.39 is 5.97 Å². The number of carboxylic acid groups (broad SMARTS) is 1. The molecule has 0 bridgehead atoms. The minimum Gasteiger partial charge on any atom is -0.478 e. The van der Waals surface area contributed by atoms with E-state index in [2.05, 4.69) is 27.7 Å². The fourth-order valence-electron chi connectivity index (χ4n) is 4.48. The number of carboxylic acids is 1. The number of anilines is 1. The standard InChI is InChI=1S/C25H31N3O3/c1-17(29)27-22-8-6-20(7-9-22)23-14-24(23)26-15-18-10-12-28(13-11-18)16-19-2-4-21(5-3-19)25(30)31/h2-9,18,23-24,26H,10-16H2,1H3,(H,27,29)(H,30,31). The van der Waals surface area contributed by atoms with Gasteiger partial charge in [0, 0.05) is 31.1 Å². The summed E-state index contributed by atoms with van der Waals surface area (Å²) in [5, 5.41) is 15.6. The molecule has 2 atom stereocenters. The van der Waals surface area contributed by atoms with Crippen molar-refractivity contribution in [3.63, 3.8) is 0 Å². The van der Waals surface area contributed by atoms with E-state index in [1.807, 2.05) is 24.3 Å². The molecule has 164 valence electrons. The van der Waals surface area contributed by atoms with Crippen LogP contribution >= 0.6 is 0 Å². The number of carbonyl (C=O) groups excluding carboxylic acids is 1. The second-order valence-corrected chi connectivity index (χ2v) is 8.88. The highest BCUT2D eigenvalue weighted by molar-refractivity contribution is 5.88. The molecule has 3 N–H and O–H groups in total. The van der Waals surface area contributed by atoms with Gasteiger partial charge in [-0.05, 0) is 80.2 Å². The number of likely N-dealkylation sites (tertiary alicyclic amines) is 1. The van der Waals surface area contributed by atoms with E-state index in [-0.39, 0.29) is 5.91 Å². The van der Waals surface area contributed by atoms with Crippen molar-refractivity contribution in [3.05, 3.63) is 65.2 Å². The molecule has 2 unspecified atom stereocenters. The lowest BCUT2D eigenvalue weighted by Crippen LogP contribution is -2.37. The predicted octanol–water partition coefficient (Wildman–Crippen LogP) is 3.70. The first-order valence-corrected chi connectivity index (χ1v) is 11.1. The number of hydrogen-bond donors (Lipinski definition) is 3. The Morgan fingerprint density at radius 3 is 2.32 bits per heavy atom. The quantitative estimate of drug-likeness (QED) is 0.606. The van der Waals surface area contributed by atoms with Gasteiger partial charge in [0.05, 0.1) is 5.56 Å². The summed E-state index contributed by atoms with van der Waals surface area (Å²) in [4.78, 5) is 24.6. The molecule has 6 heteroatoms. The van der Waals surface area contributed by atoms with E-state index in [9.17, 15) is 9.59 Å². The Kier molecular flexibility index (Phi) is 6.68. The van der Waals surface area contributed by atoms with Crippen LogP contribution in [0, 0.1) is 5.92 Å². The van der Waals surface area contributed by atoms with Gasteiger partial charge in [-0.2, -0.15) is 0 Å². The largest absolute Gasteiger partial charge is 0.478 e. The van der Waals surface area contributed by atoms with E-state index in [4.69, 9.17) is 5.11 Å². The fourth-order valence-corrected chi connectivity index (χ4v) is 4.48. The highest BCUT2D eigenvalue weighted by Gasteiger charge is 2.38. The molecule has 2 aromatic rings. The number of carbonyl (C=O) groups is 2. The Balaban J connectivity index is 1.16. The van der Waals surface area contributed by atoms with E-state index >= 15 is 0 Å². The first-order valence-electron chi connectivity index (χ1n) is 11.1. The lowest BCUT2D eigenvalue weighted by molar-refractivity contribution is -0.114. The molecule has 6 nitrogen and oxygen atoms in total. The minimum atomic E-state index is -0.875. The summed E-state index contributed by atoms with van der Waals surface area (Å²) in [6.07, 6.45) is 3.58. The van der Waals surface area contributed by atoms with E-state index in [1.54, 1.807) is 12.1 Å². The predicted molar refractivity (Wildman–Crippen MR) is 121 cm³/mol. The van der Waals surface area contributed by atoms with Crippen LogP contribution in [0.1, 0.15) is 53.6 Å². The third-order valence-electron chi connectivity index (χ3n) is 6.43. The Hall–Kier alpha value is -2.70. The Morgan fingerprint density at radius 1 is 1.03 bits per heavy atom. The average Bonchev–Trinajstić information content (AvgIpc) is 3.53. The van der Waals surface area contributed by atoms with Gasteiger partial charge in [0.25, 0.3) is 0 Å². The summed E-state index contributed by atoms with van der Waals surface area (Å²) in [6.45, 7) is 5.67. The van der Waals surface area contributed by atoms with Gasteiger partial charge in [-0.3, -0.25) is 9.69 Å². The monoisotopic (exact) mass is 421 g/mol. The molecule has 1 aliphatic heterocycles. The molecule has 0 aromatic heterocycles. The molecule has 2 fully saturated rings. The molecule has 1 heterocycles. The van der Waals surface area contributed by atoms with E-state index in [1.165, 1.54) is 37.3 Å². The maximum Gasteiger partial charge on any atom is 0.335 e. The molecule has 2 aromatic carbocycles. The van der Waals surface area contributed by atoms with E-state index in [0.29, 0.717) is 23.4 Å². The number of piperidine rings is 1. The van der Waals surface area contributed by atoms with Crippen LogP contribution in [0.15, 0.2) is 48.5 Å². The summed E-state index contributed by atoms with van der Waals surface area (Å²) in [5.41, 5.74) is 3.71. The number of hydrogen-bond acceptors (Lipinski definition) is 4. The number of benzene rings is 2. The number of nitrogens with one attached hydrogen (secondary N) is 2. The molecule has 0 spiro atoms. The van der Waals surface area contributed by atoms with Crippen LogP contribution in [0.4, 0.5) is 5.69 Å². The summed E-state index contributed by atoms with van der Waals surface area (Å²) in [6, 6.07) is 16.0. The highest BCUT2D eigenvalue weighted by Crippen LogP contribution is 2.41. The Morgan fingerprint density at radius 2 is 1.71 bits per heavy atom. The smallest absolute Gasteiger partial charge is 0.335 e. The SMILES string of the molecule is CC(=O)Nc1ccc(C2CC2NCC2CCN(Cc3ccc(C(=O)O)cc3)CC2)cc1. The first-order chi connectivity index (χ1) is 15.0. The van der Waals surface area contributed by atoms with Crippen molar-refractivity contribution in [1.29, 1.82) is 0 Å². The Labute approximate surface area is 183 Å². The van der Waals surface area contributed by atoms with Crippen molar-refractivity contribution in [1.82, 2.24) is 10.2 Å². The van der Waals surface area contributed by atoms with Gasteiger partial charge in [0.1, 0.15) is 0 Å². The third-order valence-corrected chi connectivity index (χ3v) is 6.43.